The van der Waals surface area contributed by atoms with Crippen molar-refractivity contribution < 1.29 is 13.5 Å². The van der Waals surface area contributed by atoms with Crippen LogP contribution in [0.25, 0.3) is 0 Å². The van der Waals surface area contributed by atoms with Crippen LogP contribution in [-0.4, -0.2) is 46.0 Å². The summed E-state index contributed by atoms with van der Waals surface area (Å²) in [7, 11) is -2.22. The van der Waals surface area contributed by atoms with Gasteiger partial charge in [-0.2, -0.15) is 0 Å². The molecule has 4 nitrogen and oxygen atoms in total. The van der Waals surface area contributed by atoms with Crippen molar-refractivity contribution in [1.82, 2.24) is 4.31 Å². The first-order valence-electron chi connectivity index (χ1n) is 2.81. The molecular weight excluding hydrogens is 181 g/mol. The SMILES string of the molecule is C=C1CN([S-](=O)=O)C[C@H]1O.[AlH2+]. The number of hydrogen-bond acceptors (Lipinski definition) is 4. The summed E-state index contributed by atoms with van der Waals surface area (Å²) in [6.45, 7) is 3.90. The van der Waals surface area contributed by atoms with Crippen molar-refractivity contribution >= 4 is 28.3 Å². The summed E-state index contributed by atoms with van der Waals surface area (Å²) < 4.78 is 21.7. The summed E-state index contributed by atoms with van der Waals surface area (Å²) in [5.74, 6) is 0. The van der Waals surface area contributed by atoms with E-state index >= 15 is 0 Å². The second-order valence-corrected chi connectivity index (χ2v) is 3.16. The molecule has 62 valence electrons. The second-order valence-electron chi connectivity index (χ2n) is 2.21. The standard InChI is InChI=1S/C5H8NO3S.Al.2H/c1-4-2-6(10(8)9)3-5(4)7;;;/h5,7H,1-3H2;;;/q-1;+1;;/t5-;;;/m1.../s1. The quantitative estimate of drug-likeness (QED) is 0.312. The molecule has 1 atom stereocenters. The summed E-state index contributed by atoms with van der Waals surface area (Å²) in [5.41, 5.74) is 0.559. The Morgan fingerprint density at radius 3 is 2.36 bits per heavy atom. The van der Waals surface area contributed by atoms with E-state index in [4.69, 9.17) is 5.11 Å². The number of aliphatic hydroxyl groups excluding tert-OH is 1. The first-order chi connectivity index (χ1) is 4.61. The van der Waals surface area contributed by atoms with Gasteiger partial charge in [0.1, 0.15) is 0 Å². The topological polar surface area (TPSA) is 57.6 Å². The van der Waals surface area contributed by atoms with Crippen LogP contribution in [0.4, 0.5) is 0 Å². The van der Waals surface area contributed by atoms with Crippen LogP contribution in [-0.2, 0) is 19.3 Å². The Hall–Kier alpha value is 0.142. The molecule has 0 saturated carbocycles. The Morgan fingerprint density at radius 1 is 1.64 bits per heavy atom. The van der Waals surface area contributed by atoms with Gasteiger partial charge in [-0.05, 0) is 16.5 Å². The monoisotopic (exact) mass is 191 g/mol. The normalized spacial score (nSPS) is 25.6. The Labute approximate surface area is 77.7 Å². The zero-order chi connectivity index (χ0) is 7.72. The molecule has 0 aliphatic carbocycles. The summed E-state index contributed by atoms with van der Waals surface area (Å²) in [4.78, 5) is 0. The maximum atomic E-state index is 10.3. The van der Waals surface area contributed by atoms with Crippen LogP contribution in [0.5, 0.6) is 0 Å². The van der Waals surface area contributed by atoms with Gasteiger partial charge in [0.05, 0.1) is 6.10 Å². The molecule has 0 spiro atoms. The minimum atomic E-state index is -2.22. The zero-order valence-electron chi connectivity index (χ0n) is 6.32. The van der Waals surface area contributed by atoms with E-state index in [0.29, 0.717) is 5.57 Å². The van der Waals surface area contributed by atoms with E-state index in [2.05, 4.69) is 6.58 Å². The number of hydrogen-bond donors (Lipinski definition) is 1. The molecule has 11 heavy (non-hydrogen) atoms. The van der Waals surface area contributed by atoms with E-state index < -0.39 is 17.0 Å². The van der Waals surface area contributed by atoms with Crippen LogP contribution < -0.4 is 0 Å². The molecule has 1 aliphatic heterocycles. The molecule has 6 heteroatoms. The Kier molecular flexibility index (Phi) is 4.29. The maximum absolute atomic E-state index is 10.3. The third-order valence-electron chi connectivity index (χ3n) is 1.44. The molecule has 0 aromatic heterocycles. The number of rotatable bonds is 1. The first kappa shape index (κ1) is 11.1. The minimum absolute atomic E-state index is 0. The van der Waals surface area contributed by atoms with Crippen molar-refractivity contribution in [3.8, 4) is 0 Å². The summed E-state index contributed by atoms with van der Waals surface area (Å²) in [6.07, 6.45) is -0.683. The number of aliphatic hydroxyl groups is 1. The Balaban J connectivity index is 0.000001000. The summed E-state index contributed by atoms with van der Waals surface area (Å²) in [5, 5.41) is 9.00. The van der Waals surface area contributed by atoms with Crippen LogP contribution in [0.3, 0.4) is 0 Å². The van der Waals surface area contributed by atoms with Gasteiger partial charge in [-0.25, -0.2) is 0 Å². The molecule has 0 aromatic carbocycles. The van der Waals surface area contributed by atoms with Crippen LogP contribution in [0.1, 0.15) is 0 Å². The zero-order valence-corrected chi connectivity index (χ0v) is 9.13. The fourth-order valence-corrected chi connectivity index (χ4v) is 1.37. The van der Waals surface area contributed by atoms with Gasteiger partial charge in [-0.15, -0.1) is 0 Å². The van der Waals surface area contributed by atoms with Crippen molar-refractivity contribution in [1.29, 1.82) is 0 Å². The van der Waals surface area contributed by atoms with E-state index in [1.54, 1.807) is 0 Å². The molecule has 0 bridgehead atoms. The fourth-order valence-electron chi connectivity index (χ4n) is 0.832. The van der Waals surface area contributed by atoms with Gasteiger partial charge in [-0.1, -0.05) is 6.58 Å². The Bertz CT molecular complexity index is 220. The van der Waals surface area contributed by atoms with Crippen molar-refractivity contribution in [2.45, 2.75) is 6.10 Å². The third-order valence-corrected chi connectivity index (χ3v) is 2.14. The predicted octanol–water partition coefficient (Wildman–Crippen LogP) is -1.47. The van der Waals surface area contributed by atoms with Gasteiger partial charge in [0.2, 0.25) is 0 Å². The molecule has 1 aliphatic rings. The fraction of sp³-hybridized carbons (Fsp3) is 0.600. The van der Waals surface area contributed by atoms with Crippen molar-refractivity contribution in [2.75, 3.05) is 13.1 Å². The van der Waals surface area contributed by atoms with Gasteiger partial charge in [-0.3, -0.25) is 0 Å². The van der Waals surface area contributed by atoms with Crippen molar-refractivity contribution in [3.63, 3.8) is 0 Å². The van der Waals surface area contributed by atoms with Crippen molar-refractivity contribution in [3.05, 3.63) is 12.2 Å². The van der Waals surface area contributed by atoms with E-state index in [1.807, 2.05) is 0 Å². The molecule has 0 unspecified atom stereocenters. The van der Waals surface area contributed by atoms with E-state index in [9.17, 15) is 8.42 Å². The average Bonchev–Trinajstić information content (AvgIpc) is 2.13. The second kappa shape index (κ2) is 4.24. The first-order valence-corrected chi connectivity index (χ1v) is 3.84. The number of β-amino-alcohol motifs (C(OH)–C–C–N with tert-alkyl or cyclic N) is 1. The molecule has 1 rings (SSSR count). The van der Waals surface area contributed by atoms with E-state index in [0.717, 1.165) is 4.31 Å². The van der Waals surface area contributed by atoms with Gasteiger partial charge >= 0.3 is 17.4 Å². The molecular formula is C5H10AlNO3S. The van der Waals surface area contributed by atoms with Gasteiger partial charge in [0.25, 0.3) is 0 Å². The van der Waals surface area contributed by atoms with E-state index in [1.165, 1.54) is 0 Å². The van der Waals surface area contributed by atoms with Crippen molar-refractivity contribution in [2.24, 2.45) is 0 Å². The molecule has 1 heterocycles. The third kappa shape index (κ3) is 2.58. The van der Waals surface area contributed by atoms with Crippen LogP contribution in [0, 0.1) is 0 Å². The van der Waals surface area contributed by atoms with Gasteiger partial charge in [0.15, 0.2) is 0 Å². The average molecular weight is 191 g/mol. The molecule has 0 aromatic rings. The van der Waals surface area contributed by atoms with Gasteiger partial charge < -0.3 is 17.8 Å². The predicted molar refractivity (Wildman–Crippen MR) is 44.0 cm³/mol. The molecule has 0 radical (unpaired) electrons. The summed E-state index contributed by atoms with van der Waals surface area (Å²) in [6, 6.07) is 0. The van der Waals surface area contributed by atoms with Crippen LogP contribution in [0.15, 0.2) is 12.2 Å². The molecule has 1 fully saturated rings. The number of nitrogens with zero attached hydrogens (tertiary/aromatic N) is 1. The van der Waals surface area contributed by atoms with Gasteiger partial charge in [0, 0.05) is 13.1 Å². The molecule has 1 saturated heterocycles. The van der Waals surface area contributed by atoms with Crippen LogP contribution in [0.2, 0.25) is 0 Å². The molecule has 0 amide bonds. The summed E-state index contributed by atoms with van der Waals surface area (Å²) >= 11 is 0. The van der Waals surface area contributed by atoms with Crippen LogP contribution >= 0.6 is 0 Å². The van der Waals surface area contributed by atoms with E-state index in [-0.39, 0.29) is 30.5 Å². The molecule has 1 N–H and O–H groups in total. The Morgan fingerprint density at radius 2 is 2.18 bits per heavy atom.